The van der Waals surface area contributed by atoms with Gasteiger partial charge in [0.25, 0.3) is 0 Å². The van der Waals surface area contributed by atoms with Crippen LogP contribution in [0, 0.1) is 12.7 Å². The van der Waals surface area contributed by atoms with Crippen molar-refractivity contribution in [2.45, 2.75) is 32.9 Å². The number of rotatable bonds is 8. The average Bonchev–Trinajstić information content (AvgIpc) is 3.07. The lowest BCUT2D eigenvalue weighted by Crippen LogP contribution is -2.42. The number of halogens is 1. The van der Waals surface area contributed by atoms with Crippen molar-refractivity contribution in [2.75, 3.05) is 20.7 Å². The van der Waals surface area contributed by atoms with Gasteiger partial charge in [0.1, 0.15) is 34.8 Å². The highest BCUT2D eigenvalue weighted by Crippen LogP contribution is 2.16. The number of aliphatic imine (C=N–C) groups is 1. The number of aryl methyl sites for hydroxylation is 1. The topological polar surface area (TPSA) is 85.1 Å². The van der Waals surface area contributed by atoms with Crippen LogP contribution in [0.5, 0.6) is 5.75 Å². The minimum Gasteiger partial charge on any atom is -0.489 e. The Hall–Kier alpha value is -3.03. The molecule has 1 unspecified atom stereocenters. The fourth-order valence-electron chi connectivity index (χ4n) is 2.55. The molecular formula is C20H26FN3O4. The molecule has 7 nitrogen and oxygen atoms in total. The first kappa shape index (κ1) is 21.3. The van der Waals surface area contributed by atoms with Crippen LogP contribution in [-0.2, 0) is 11.3 Å². The van der Waals surface area contributed by atoms with Gasteiger partial charge in [-0.1, -0.05) is 13.0 Å². The van der Waals surface area contributed by atoms with Crippen LogP contribution < -0.4 is 15.4 Å². The molecule has 0 bridgehead atoms. The fourth-order valence-corrected chi connectivity index (χ4v) is 2.55. The van der Waals surface area contributed by atoms with Gasteiger partial charge in [0, 0.05) is 13.1 Å². The third-order valence-corrected chi connectivity index (χ3v) is 4.08. The molecule has 0 saturated heterocycles. The zero-order chi connectivity index (χ0) is 20.5. The van der Waals surface area contributed by atoms with E-state index in [0.717, 1.165) is 6.42 Å². The predicted octanol–water partition coefficient (Wildman–Crippen LogP) is 3.04. The highest BCUT2D eigenvalue weighted by molar-refractivity contribution is 5.90. The Morgan fingerprint density at radius 3 is 2.75 bits per heavy atom. The van der Waals surface area contributed by atoms with Crippen molar-refractivity contribution in [1.29, 1.82) is 0 Å². The molecule has 2 aromatic rings. The van der Waals surface area contributed by atoms with Gasteiger partial charge < -0.3 is 24.5 Å². The highest BCUT2D eigenvalue weighted by Gasteiger charge is 2.16. The maximum Gasteiger partial charge on any atom is 0.341 e. The van der Waals surface area contributed by atoms with E-state index in [4.69, 9.17) is 13.9 Å². The van der Waals surface area contributed by atoms with Crippen molar-refractivity contribution in [2.24, 2.45) is 4.99 Å². The molecule has 0 amide bonds. The van der Waals surface area contributed by atoms with Crippen LogP contribution in [0.3, 0.4) is 0 Å². The standard InChI is InChI=1S/C20H26FN3O4/c1-5-15(28-16-8-6-7-14(21)9-16)11-23-20(22-3)24-12-17-10-18(13(2)27-17)19(25)26-4/h6-10,15H,5,11-12H2,1-4H3,(H2,22,23,24). The number of furan rings is 1. The average molecular weight is 391 g/mol. The SMILES string of the molecule is CCC(CNC(=NC)NCc1cc(C(=O)OC)c(C)o1)Oc1cccc(F)c1. The van der Waals surface area contributed by atoms with E-state index in [-0.39, 0.29) is 11.9 Å². The summed E-state index contributed by atoms with van der Waals surface area (Å²) < 4.78 is 29.4. The molecule has 0 spiro atoms. The van der Waals surface area contributed by atoms with E-state index in [2.05, 4.69) is 15.6 Å². The van der Waals surface area contributed by atoms with Gasteiger partial charge in [-0.3, -0.25) is 4.99 Å². The van der Waals surface area contributed by atoms with Crippen molar-refractivity contribution in [3.63, 3.8) is 0 Å². The molecule has 0 aliphatic heterocycles. The highest BCUT2D eigenvalue weighted by atomic mass is 19.1. The summed E-state index contributed by atoms with van der Waals surface area (Å²) in [5.41, 5.74) is 0.400. The fraction of sp³-hybridized carbons (Fsp3) is 0.400. The summed E-state index contributed by atoms with van der Waals surface area (Å²) in [4.78, 5) is 15.8. The van der Waals surface area contributed by atoms with Gasteiger partial charge >= 0.3 is 5.97 Å². The molecule has 0 aliphatic rings. The third kappa shape index (κ3) is 6.00. The maximum absolute atomic E-state index is 13.3. The number of nitrogens with zero attached hydrogens (tertiary/aromatic N) is 1. The number of hydrogen-bond donors (Lipinski definition) is 2. The summed E-state index contributed by atoms with van der Waals surface area (Å²) >= 11 is 0. The van der Waals surface area contributed by atoms with E-state index in [1.807, 2.05) is 6.92 Å². The number of carbonyl (C=O) groups excluding carboxylic acids is 1. The maximum atomic E-state index is 13.3. The van der Waals surface area contributed by atoms with Gasteiger partial charge in [-0.25, -0.2) is 9.18 Å². The predicted molar refractivity (Wildman–Crippen MR) is 104 cm³/mol. The molecule has 2 rings (SSSR count). The second-order valence-electron chi connectivity index (χ2n) is 6.09. The number of ether oxygens (including phenoxy) is 2. The second kappa shape index (κ2) is 10.3. The molecule has 1 aromatic heterocycles. The number of carbonyl (C=O) groups is 1. The summed E-state index contributed by atoms with van der Waals surface area (Å²) in [5.74, 6) is 1.35. The summed E-state index contributed by atoms with van der Waals surface area (Å²) in [6.45, 7) is 4.52. The molecule has 152 valence electrons. The number of guanidine groups is 1. The molecule has 1 heterocycles. The Bertz CT molecular complexity index is 820. The lowest BCUT2D eigenvalue weighted by Gasteiger charge is -2.19. The minimum atomic E-state index is -0.435. The molecule has 0 aliphatic carbocycles. The number of methoxy groups -OCH3 is 1. The van der Waals surface area contributed by atoms with E-state index in [9.17, 15) is 9.18 Å². The first-order chi connectivity index (χ1) is 13.5. The van der Waals surface area contributed by atoms with Crippen LogP contribution in [0.4, 0.5) is 4.39 Å². The Balaban J connectivity index is 1.87. The van der Waals surface area contributed by atoms with Gasteiger partial charge in [-0.15, -0.1) is 0 Å². The lowest BCUT2D eigenvalue weighted by molar-refractivity contribution is 0.0599. The van der Waals surface area contributed by atoms with Crippen LogP contribution in [0.2, 0.25) is 0 Å². The van der Waals surface area contributed by atoms with E-state index >= 15 is 0 Å². The summed E-state index contributed by atoms with van der Waals surface area (Å²) in [6, 6.07) is 7.70. The van der Waals surface area contributed by atoms with Gasteiger partial charge in [-0.2, -0.15) is 0 Å². The van der Waals surface area contributed by atoms with Crippen molar-refractivity contribution in [3.05, 3.63) is 53.2 Å². The van der Waals surface area contributed by atoms with Crippen LogP contribution in [-0.4, -0.2) is 38.7 Å². The van der Waals surface area contributed by atoms with Crippen molar-refractivity contribution in [1.82, 2.24) is 10.6 Å². The van der Waals surface area contributed by atoms with Crippen molar-refractivity contribution in [3.8, 4) is 5.75 Å². The van der Waals surface area contributed by atoms with Gasteiger partial charge in [0.05, 0.1) is 20.2 Å². The second-order valence-corrected chi connectivity index (χ2v) is 6.09. The summed E-state index contributed by atoms with van der Waals surface area (Å²) in [6.07, 6.45) is 0.581. The molecule has 0 fully saturated rings. The van der Waals surface area contributed by atoms with E-state index in [0.29, 0.717) is 41.9 Å². The van der Waals surface area contributed by atoms with Crippen molar-refractivity contribution >= 4 is 11.9 Å². The molecule has 1 aromatic carbocycles. The van der Waals surface area contributed by atoms with E-state index < -0.39 is 5.97 Å². The van der Waals surface area contributed by atoms with Crippen LogP contribution >= 0.6 is 0 Å². The molecule has 1 atom stereocenters. The Morgan fingerprint density at radius 1 is 1.32 bits per heavy atom. The quantitative estimate of drug-likeness (QED) is 0.409. The number of nitrogens with one attached hydrogen (secondary N) is 2. The van der Waals surface area contributed by atoms with E-state index in [1.54, 1.807) is 32.2 Å². The van der Waals surface area contributed by atoms with Gasteiger partial charge in [0.15, 0.2) is 5.96 Å². The molecular weight excluding hydrogens is 365 g/mol. The molecule has 0 radical (unpaired) electrons. The molecule has 2 N–H and O–H groups in total. The largest absolute Gasteiger partial charge is 0.489 e. The Kier molecular flexibility index (Phi) is 7.86. The van der Waals surface area contributed by atoms with Crippen LogP contribution in [0.1, 0.15) is 35.2 Å². The zero-order valence-corrected chi connectivity index (χ0v) is 16.5. The number of hydrogen-bond acceptors (Lipinski definition) is 5. The number of esters is 1. The molecule has 8 heteroatoms. The summed E-state index contributed by atoms with van der Waals surface area (Å²) in [5, 5.41) is 6.28. The normalized spacial score (nSPS) is 12.4. The van der Waals surface area contributed by atoms with E-state index in [1.165, 1.54) is 19.2 Å². The van der Waals surface area contributed by atoms with Crippen LogP contribution in [0.15, 0.2) is 39.7 Å². The monoisotopic (exact) mass is 391 g/mol. The Labute approximate surface area is 163 Å². The molecule has 0 saturated carbocycles. The van der Waals surface area contributed by atoms with Crippen molar-refractivity contribution < 1.29 is 23.1 Å². The van der Waals surface area contributed by atoms with Gasteiger partial charge in [0.2, 0.25) is 0 Å². The van der Waals surface area contributed by atoms with Gasteiger partial charge in [-0.05, 0) is 31.5 Å². The first-order valence-corrected chi connectivity index (χ1v) is 9.01. The smallest absolute Gasteiger partial charge is 0.341 e. The van der Waals surface area contributed by atoms with Crippen LogP contribution in [0.25, 0.3) is 0 Å². The third-order valence-electron chi connectivity index (χ3n) is 4.08. The summed E-state index contributed by atoms with van der Waals surface area (Å²) in [7, 11) is 2.98. The lowest BCUT2D eigenvalue weighted by atomic mass is 10.2. The minimum absolute atomic E-state index is 0.155. The molecule has 28 heavy (non-hydrogen) atoms. The Morgan fingerprint density at radius 2 is 2.11 bits per heavy atom. The first-order valence-electron chi connectivity index (χ1n) is 9.01. The zero-order valence-electron chi connectivity index (χ0n) is 16.5. The number of benzene rings is 1.